The first-order chi connectivity index (χ1) is 12.2. The zero-order valence-electron chi connectivity index (χ0n) is 14.1. The Labute approximate surface area is 156 Å². The smallest absolute Gasteiger partial charge is 0.183 e. The van der Waals surface area contributed by atoms with Crippen LogP contribution in [0.3, 0.4) is 0 Å². The summed E-state index contributed by atoms with van der Waals surface area (Å²) in [5.41, 5.74) is 3.20. The number of anilines is 1. The van der Waals surface area contributed by atoms with Gasteiger partial charge in [-0.05, 0) is 36.2 Å². The average Bonchev–Trinajstić information content (AvgIpc) is 3.11. The Bertz CT molecular complexity index is 834. The number of halogens is 1. The van der Waals surface area contributed by atoms with Gasteiger partial charge in [-0.3, -0.25) is 0 Å². The molecule has 0 saturated heterocycles. The van der Waals surface area contributed by atoms with E-state index in [2.05, 4.69) is 10.3 Å². The second kappa shape index (κ2) is 8.23. The molecular weight excluding hydrogens is 356 g/mol. The van der Waals surface area contributed by atoms with Crippen molar-refractivity contribution in [1.82, 2.24) is 4.98 Å². The minimum absolute atomic E-state index is 0.729. The zero-order valence-corrected chi connectivity index (χ0v) is 15.7. The number of nitrogens with zero attached hydrogens (tertiary/aromatic N) is 1. The molecule has 6 heteroatoms. The fraction of sp³-hybridized carbons (Fsp3) is 0.211. The molecule has 1 N–H and O–H groups in total. The molecule has 0 aliphatic carbocycles. The number of thiazole rings is 1. The first-order valence-corrected chi connectivity index (χ1v) is 9.11. The number of benzene rings is 2. The maximum absolute atomic E-state index is 5.92. The molecule has 0 atom stereocenters. The van der Waals surface area contributed by atoms with E-state index in [-0.39, 0.29) is 0 Å². The molecule has 0 amide bonds. The van der Waals surface area contributed by atoms with Gasteiger partial charge in [-0.15, -0.1) is 11.3 Å². The van der Waals surface area contributed by atoms with E-state index in [0.717, 1.165) is 45.9 Å². The molecular formula is C19H19ClN2O2S. The van der Waals surface area contributed by atoms with Crippen LogP contribution in [0.5, 0.6) is 11.5 Å². The molecule has 0 spiro atoms. The summed E-state index contributed by atoms with van der Waals surface area (Å²) in [6.07, 6.45) is 0.871. The predicted molar refractivity (Wildman–Crippen MR) is 104 cm³/mol. The highest BCUT2D eigenvalue weighted by Gasteiger charge is 2.06. The summed E-state index contributed by atoms with van der Waals surface area (Å²) in [6.45, 7) is 0.795. The normalized spacial score (nSPS) is 10.5. The lowest BCUT2D eigenvalue weighted by Crippen LogP contribution is -2.05. The third kappa shape index (κ3) is 4.44. The van der Waals surface area contributed by atoms with Crippen molar-refractivity contribution in [1.29, 1.82) is 0 Å². The maximum Gasteiger partial charge on any atom is 0.183 e. The molecule has 0 saturated carbocycles. The Balaban J connectivity index is 1.58. The molecule has 130 valence electrons. The Kier molecular flexibility index (Phi) is 5.79. The second-order valence-corrected chi connectivity index (χ2v) is 6.71. The largest absolute Gasteiger partial charge is 0.493 e. The van der Waals surface area contributed by atoms with Crippen molar-refractivity contribution in [3.63, 3.8) is 0 Å². The molecule has 1 heterocycles. The molecule has 4 nitrogen and oxygen atoms in total. The number of aromatic nitrogens is 1. The van der Waals surface area contributed by atoms with E-state index >= 15 is 0 Å². The summed E-state index contributed by atoms with van der Waals surface area (Å²) in [5, 5.41) is 7.05. The van der Waals surface area contributed by atoms with E-state index < -0.39 is 0 Å². The number of hydrogen-bond donors (Lipinski definition) is 1. The first kappa shape index (κ1) is 17.6. The summed E-state index contributed by atoms with van der Waals surface area (Å²) in [4.78, 5) is 4.62. The molecule has 25 heavy (non-hydrogen) atoms. The molecule has 1 aromatic heterocycles. The van der Waals surface area contributed by atoms with Crippen LogP contribution in [0.2, 0.25) is 5.02 Å². The molecule has 3 rings (SSSR count). The monoisotopic (exact) mass is 374 g/mol. The van der Waals surface area contributed by atoms with Gasteiger partial charge >= 0.3 is 0 Å². The summed E-state index contributed by atoms with van der Waals surface area (Å²) in [7, 11) is 3.29. The highest BCUT2D eigenvalue weighted by Crippen LogP contribution is 2.28. The summed E-state index contributed by atoms with van der Waals surface area (Å²) in [6, 6.07) is 13.7. The Hall–Kier alpha value is -2.24. The van der Waals surface area contributed by atoms with Crippen molar-refractivity contribution >= 4 is 28.1 Å². The van der Waals surface area contributed by atoms with Gasteiger partial charge in [0, 0.05) is 22.5 Å². The van der Waals surface area contributed by atoms with Crippen LogP contribution in [0.1, 0.15) is 5.56 Å². The summed E-state index contributed by atoms with van der Waals surface area (Å²) in [5.74, 6) is 1.49. The van der Waals surface area contributed by atoms with Crippen molar-refractivity contribution < 1.29 is 9.47 Å². The van der Waals surface area contributed by atoms with Gasteiger partial charge in [0.2, 0.25) is 0 Å². The standard InChI is InChI=1S/C19H19ClN2O2S/c1-23-17-8-3-13(11-18(17)24-2)9-10-21-19-22-16(12-25-19)14-4-6-15(20)7-5-14/h3-8,11-12H,9-10H2,1-2H3,(H,21,22). The van der Waals surface area contributed by atoms with Crippen molar-refractivity contribution in [3.8, 4) is 22.8 Å². The van der Waals surface area contributed by atoms with Crippen LogP contribution in [-0.2, 0) is 6.42 Å². The minimum Gasteiger partial charge on any atom is -0.493 e. The number of hydrogen-bond acceptors (Lipinski definition) is 5. The quantitative estimate of drug-likeness (QED) is 0.622. The predicted octanol–water partition coefficient (Wildman–Crippen LogP) is 5.14. The lowest BCUT2D eigenvalue weighted by Gasteiger charge is -2.09. The van der Waals surface area contributed by atoms with Crippen molar-refractivity contribution in [3.05, 3.63) is 58.4 Å². The van der Waals surface area contributed by atoms with Gasteiger partial charge in [0.15, 0.2) is 16.6 Å². The van der Waals surface area contributed by atoms with Crippen molar-refractivity contribution in [2.45, 2.75) is 6.42 Å². The van der Waals surface area contributed by atoms with Gasteiger partial charge in [0.25, 0.3) is 0 Å². The van der Waals surface area contributed by atoms with Crippen LogP contribution in [0, 0.1) is 0 Å². The van der Waals surface area contributed by atoms with Gasteiger partial charge in [0.1, 0.15) is 0 Å². The Morgan fingerprint density at radius 1 is 1.04 bits per heavy atom. The van der Waals surface area contributed by atoms with E-state index in [1.165, 1.54) is 5.56 Å². The van der Waals surface area contributed by atoms with Gasteiger partial charge in [-0.1, -0.05) is 29.8 Å². The lowest BCUT2D eigenvalue weighted by atomic mass is 10.1. The molecule has 0 fully saturated rings. The molecule has 0 bridgehead atoms. The highest BCUT2D eigenvalue weighted by molar-refractivity contribution is 7.14. The topological polar surface area (TPSA) is 43.4 Å². The van der Waals surface area contributed by atoms with Gasteiger partial charge in [-0.25, -0.2) is 4.98 Å². The van der Waals surface area contributed by atoms with E-state index in [0.29, 0.717) is 0 Å². The molecule has 0 aliphatic heterocycles. The van der Waals surface area contributed by atoms with E-state index in [1.54, 1.807) is 25.6 Å². The van der Waals surface area contributed by atoms with Gasteiger partial charge in [-0.2, -0.15) is 0 Å². The fourth-order valence-corrected chi connectivity index (χ4v) is 3.33. The highest BCUT2D eigenvalue weighted by atomic mass is 35.5. The van der Waals surface area contributed by atoms with E-state index in [1.807, 2.05) is 47.8 Å². The number of rotatable bonds is 7. The fourth-order valence-electron chi connectivity index (χ4n) is 2.46. The first-order valence-electron chi connectivity index (χ1n) is 7.86. The lowest BCUT2D eigenvalue weighted by molar-refractivity contribution is 0.354. The number of nitrogens with one attached hydrogen (secondary N) is 1. The molecule has 0 radical (unpaired) electrons. The summed E-state index contributed by atoms with van der Waals surface area (Å²) < 4.78 is 10.6. The maximum atomic E-state index is 5.92. The van der Waals surface area contributed by atoms with Crippen LogP contribution < -0.4 is 14.8 Å². The SMILES string of the molecule is COc1ccc(CCNc2nc(-c3ccc(Cl)cc3)cs2)cc1OC. The van der Waals surface area contributed by atoms with Crippen LogP contribution in [0.15, 0.2) is 47.8 Å². The Morgan fingerprint density at radius 2 is 1.80 bits per heavy atom. The second-order valence-electron chi connectivity index (χ2n) is 5.41. The molecule has 2 aromatic carbocycles. The Morgan fingerprint density at radius 3 is 2.52 bits per heavy atom. The van der Waals surface area contributed by atoms with Crippen LogP contribution >= 0.6 is 22.9 Å². The van der Waals surface area contributed by atoms with Crippen LogP contribution in [0.4, 0.5) is 5.13 Å². The van der Waals surface area contributed by atoms with E-state index in [4.69, 9.17) is 21.1 Å². The zero-order chi connectivity index (χ0) is 17.6. The van der Waals surface area contributed by atoms with Crippen LogP contribution in [0.25, 0.3) is 11.3 Å². The third-order valence-electron chi connectivity index (χ3n) is 3.78. The summed E-state index contributed by atoms with van der Waals surface area (Å²) >= 11 is 7.52. The van der Waals surface area contributed by atoms with Gasteiger partial charge < -0.3 is 14.8 Å². The average molecular weight is 375 g/mol. The number of methoxy groups -OCH3 is 2. The van der Waals surface area contributed by atoms with Crippen LogP contribution in [-0.4, -0.2) is 25.7 Å². The third-order valence-corrected chi connectivity index (χ3v) is 4.83. The minimum atomic E-state index is 0.729. The van der Waals surface area contributed by atoms with E-state index in [9.17, 15) is 0 Å². The molecule has 0 aliphatic rings. The van der Waals surface area contributed by atoms with Crippen molar-refractivity contribution in [2.75, 3.05) is 26.1 Å². The van der Waals surface area contributed by atoms with Gasteiger partial charge in [0.05, 0.1) is 19.9 Å². The number of ether oxygens (including phenoxy) is 2. The van der Waals surface area contributed by atoms with Crippen molar-refractivity contribution in [2.24, 2.45) is 0 Å². The molecule has 0 unspecified atom stereocenters. The molecule has 3 aromatic rings.